The van der Waals surface area contributed by atoms with E-state index >= 15 is 0 Å². The van der Waals surface area contributed by atoms with Crippen LogP contribution in [0.5, 0.6) is 0 Å². The molecule has 0 saturated heterocycles. The molecule has 0 amide bonds. The topological polar surface area (TPSA) is 3.24 Å². The molecule has 1 aromatic carbocycles. The van der Waals surface area contributed by atoms with Crippen molar-refractivity contribution in [3.8, 4) is 0 Å². The first-order valence-electron chi connectivity index (χ1n) is 6.17. The Bertz CT molecular complexity index is 412. The van der Waals surface area contributed by atoms with E-state index in [1.54, 1.807) is 0 Å². The Hall–Kier alpha value is -1.15. The molecule has 0 spiro atoms. The van der Waals surface area contributed by atoms with Gasteiger partial charge in [-0.1, -0.05) is 18.2 Å². The fourth-order valence-electron chi connectivity index (χ4n) is 2.20. The van der Waals surface area contributed by atoms with Crippen molar-refractivity contribution in [3.05, 3.63) is 41.7 Å². The van der Waals surface area contributed by atoms with Crippen molar-refractivity contribution < 1.29 is 4.39 Å². The number of hydrogen-bond donors (Lipinski definition) is 0. The van der Waals surface area contributed by atoms with E-state index in [9.17, 15) is 4.39 Å². The Morgan fingerprint density at radius 3 is 2.24 bits per heavy atom. The molecule has 0 fully saturated rings. The molecule has 0 aliphatic carbocycles. The van der Waals surface area contributed by atoms with Gasteiger partial charge in [-0.15, -0.1) is 0 Å². The van der Waals surface area contributed by atoms with Crippen LogP contribution in [0.3, 0.4) is 0 Å². The largest absolute Gasteiger partial charge is 0.294 e. The van der Waals surface area contributed by atoms with Crippen molar-refractivity contribution in [2.24, 2.45) is 0 Å². The van der Waals surface area contributed by atoms with Gasteiger partial charge in [0.25, 0.3) is 0 Å². The summed E-state index contributed by atoms with van der Waals surface area (Å²) in [4.78, 5) is 2.46. The van der Waals surface area contributed by atoms with Gasteiger partial charge in [-0.05, 0) is 50.5 Å². The summed E-state index contributed by atoms with van der Waals surface area (Å²) in [6.45, 7) is 8.78. The van der Waals surface area contributed by atoms with Crippen LogP contribution in [0, 0.1) is 5.82 Å². The summed E-state index contributed by atoms with van der Waals surface area (Å²) >= 11 is 0. The molecule has 2 heteroatoms. The highest BCUT2D eigenvalue weighted by Gasteiger charge is 2.23. The van der Waals surface area contributed by atoms with Crippen LogP contribution < -0.4 is 0 Å². The molecule has 2 rings (SSSR count). The zero-order valence-corrected chi connectivity index (χ0v) is 10.8. The molecule has 0 atom stereocenters. The molecule has 0 aromatic heterocycles. The normalized spacial score (nSPS) is 18.0. The molecule has 1 aliphatic heterocycles. The molecule has 1 heterocycles. The second-order valence-corrected chi connectivity index (χ2v) is 5.60. The van der Waals surface area contributed by atoms with Crippen LogP contribution in [0.15, 0.2) is 30.3 Å². The smallest absolute Gasteiger partial charge is 0.123 e. The predicted molar refractivity (Wildman–Crippen MR) is 70.3 cm³/mol. The lowest BCUT2D eigenvalue weighted by atomic mass is 9.96. The van der Waals surface area contributed by atoms with E-state index in [0.29, 0.717) is 0 Å². The summed E-state index contributed by atoms with van der Waals surface area (Å²) in [7, 11) is 0. The van der Waals surface area contributed by atoms with Crippen molar-refractivity contribution in [2.45, 2.75) is 32.7 Å². The molecular weight excluding hydrogens is 213 g/mol. The predicted octanol–water partition coefficient (Wildman–Crippen LogP) is 3.71. The lowest BCUT2D eigenvalue weighted by Crippen LogP contribution is -2.43. The molecule has 17 heavy (non-hydrogen) atoms. The second-order valence-electron chi connectivity index (χ2n) is 5.60. The highest BCUT2D eigenvalue weighted by Crippen LogP contribution is 2.26. The molecule has 1 aliphatic rings. The number of rotatable bonds is 1. The number of benzene rings is 1. The van der Waals surface area contributed by atoms with Gasteiger partial charge in [0.2, 0.25) is 0 Å². The van der Waals surface area contributed by atoms with Crippen LogP contribution in [-0.4, -0.2) is 23.5 Å². The molecule has 1 nitrogen and oxygen atoms in total. The Morgan fingerprint density at radius 1 is 1.12 bits per heavy atom. The van der Waals surface area contributed by atoms with E-state index in [2.05, 4.69) is 31.7 Å². The second kappa shape index (κ2) is 4.61. The summed E-state index contributed by atoms with van der Waals surface area (Å²) in [6, 6.07) is 6.81. The minimum Gasteiger partial charge on any atom is -0.294 e. The fraction of sp³-hybridized carbons (Fsp3) is 0.467. The standard InChI is InChI=1S/C15H20FN/c1-15(2,3)17-10-8-13(9-11-17)12-4-6-14(16)7-5-12/h4-8H,9-11H2,1-3H3. The molecule has 0 saturated carbocycles. The average Bonchev–Trinajstić information content (AvgIpc) is 2.29. The van der Waals surface area contributed by atoms with Gasteiger partial charge >= 0.3 is 0 Å². The lowest BCUT2D eigenvalue weighted by molar-refractivity contribution is 0.153. The van der Waals surface area contributed by atoms with Crippen molar-refractivity contribution >= 4 is 5.57 Å². The van der Waals surface area contributed by atoms with Crippen molar-refractivity contribution in [2.75, 3.05) is 13.1 Å². The van der Waals surface area contributed by atoms with Crippen LogP contribution in [0.1, 0.15) is 32.8 Å². The Balaban J connectivity index is 2.11. The number of nitrogens with zero attached hydrogens (tertiary/aromatic N) is 1. The van der Waals surface area contributed by atoms with E-state index in [4.69, 9.17) is 0 Å². The first-order valence-corrected chi connectivity index (χ1v) is 6.17. The zero-order chi connectivity index (χ0) is 12.5. The fourth-order valence-corrected chi connectivity index (χ4v) is 2.20. The highest BCUT2D eigenvalue weighted by atomic mass is 19.1. The van der Waals surface area contributed by atoms with E-state index in [1.807, 2.05) is 12.1 Å². The van der Waals surface area contributed by atoms with E-state index in [-0.39, 0.29) is 11.4 Å². The van der Waals surface area contributed by atoms with Gasteiger partial charge in [0, 0.05) is 18.6 Å². The van der Waals surface area contributed by atoms with Gasteiger partial charge < -0.3 is 0 Å². The van der Waals surface area contributed by atoms with Crippen molar-refractivity contribution in [1.29, 1.82) is 0 Å². The third-order valence-electron chi connectivity index (χ3n) is 3.37. The lowest BCUT2D eigenvalue weighted by Gasteiger charge is -2.37. The van der Waals surface area contributed by atoms with Gasteiger partial charge in [0.05, 0.1) is 0 Å². The van der Waals surface area contributed by atoms with E-state index in [1.165, 1.54) is 17.7 Å². The molecule has 0 N–H and O–H groups in total. The van der Waals surface area contributed by atoms with E-state index in [0.717, 1.165) is 25.1 Å². The Morgan fingerprint density at radius 2 is 1.76 bits per heavy atom. The maximum absolute atomic E-state index is 12.8. The summed E-state index contributed by atoms with van der Waals surface area (Å²) in [5, 5.41) is 0. The molecule has 0 bridgehead atoms. The van der Waals surface area contributed by atoms with Crippen LogP contribution in [0.25, 0.3) is 5.57 Å². The quantitative estimate of drug-likeness (QED) is 0.714. The summed E-state index contributed by atoms with van der Waals surface area (Å²) in [5.74, 6) is -0.165. The first-order chi connectivity index (χ1) is 7.97. The maximum Gasteiger partial charge on any atom is 0.123 e. The maximum atomic E-state index is 12.8. The summed E-state index contributed by atoms with van der Waals surface area (Å²) in [6.07, 6.45) is 3.31. The summed E-state index contributed by atoms with van der Waals surface area (Å²) < 4.78 is 12.8. The van der Waals surface area contributed by atoms with E-state index < -0.39 is 0 Å². The Labute approximate surface area is 103 Å². The molecule has 0 radical (unpaired) electrons. The van der Waals surface area contributed by atoms with Crippen molar-refractivity contribution in [3.63, 3.8) is 0 Å². The average molecular weight is 233 g/mol. The number of halogens is 1. The minimum absolute atomic E-state index is 0.165. The van der Waals surface area contributed by atoms with Gasteiger partial charge in [0.15, 0.2) is 0 Å². The minimum atomic E-state index is -0.165. The third kappa shape index (κ3) is 2.95. The molecule has 92 valence electrons. The zero-order valence-electron chi connectivity index (χ0n) is 10.8. The molecule has 1 aromatic rings. The molecular formula is C15H20FN. The Kier molecular flexibility index (Phi) is 3.34. The van der Waals surface area contributed by atoms with Crippen LogP contribution in [-0.2, 0) is 0 Å². The van der Waals surface area contributed by atoms with Gasteiger partial charge in [-0.2, -0.15) is 0 Å². The highest BCUT2D eigenvalue weighted by molar-refractivity contribution is 5.66. The first kappa shape index (κ1) is 12.3. The van der Waals surface area contributed by atoms with Crippen molar-refractivity contribution in [1.82, 2.24) is 4.90 Å². The number of hydrogen-bond acceptors (Lipinski definition) is 1. The third-order valence-corrected chi connectivity index (χ3v) is 3.37. The van der Waals surface area contributed by atoms with Crippen LogP contribution in [0.4, 0.5) is 4.39 Å². The van der Waals surface area contributed by atoms with Gasteiger partial charge in [-0.3, -0.25) is 4.90 Å². The monoisotopic (exact) mass is 233 g/mol. The molecule has 0 unspecified atom stereocenters. The van der Waals surface area contributed by atoms with Gasteiger partial charge in [-0.25, -0.2) is 4.39 Å². The van der Waals surface area contributed by atoms with Crippen LogP contribution >= 0.6 is 0 Å². The van der Waals surface area contributed by atoms with Crippen LogP contribution in [0.2, 0.25) is 0 Å². The van der Waals surface area contributed by atoms with Gasteiger partial charge in [0.1, 0.15) is 5.82 Å². The summed E-state index contributed by atoms with van der Waals surface area (Å²) in [5.41, 5.74) is 2.72. The SMILES string of the molecule is CC(C)(C)N1CC=C(c2ccc(F)cc2)CC1.